The van der Waals surface area contributed by atoms with Crippen molar-refractivity contribution in [1.82, 2.24) is 5.48 Å². The molecule has 1 unspecified atom stereocenters. The van der Waals surface area contributed by atoms with Crippen molar-refractivity contribution in [3.05, 3.63) is 47.5 Å². The van der Waals surface area contributed by atoms with E-state index in [1.807, 2.05) is 24.3 Å². The second-order valence-electron chi connectivity index (χ2n) is 5.47. The van der Waals surface area contributed by atoms with Crippen LogP contribution in [0.4, 0.5) is 0 Å². The Morgan fingerprint density at radius 1 is 1.24 bits per heavy atom. The number of hydroxylamine groups is 1. The van der Waals surface area contributed by atoms with Gasteiger partial charge in [-0.3, -0.25) is 4.79 Å². The maximum Gasteiger partial charge on any atom is 0.330 e. The Balaban J connectivity index is 1.84. The van der Waals surface area contributed by atoms with E-state index in [1.54, 1.807) is 19.1 Å². The average Bonchev–Trinajstić information content (AvgIpc) is 2.64. The maximum absolute atomic E-state index is 11.8. The molecule has 1 aromatic rings. The highest BCUT2D eigenvalue weighted by Crippen LogP contribution is 2.12. The number of carbonyl (C=O) groups excluding carboxylic acids is 2. The summed E-state index contributed by atoms with van der Waals surface area (Å²) in [6, 6.07) is 7.41. The monoisotopic (exact) mass is 345 g/mol. The molecule has 0 aromatic heterocycles. The first-order chi connectivity index (χ1) is 12.2. The van der Waals surface area contributed by atoms with E-state index >= 15 is 0 Å². The van der Waals surface area contributed by atoms with Crippen LogP contribution in [0.2, 0.25) is 0 Å². The number of hydrogen-bond donors (Lipinski definition) is 1. The number of esters is 1. The van der Waals surface area contributed by atoms with E-state index in [1.165, 1.54) is 12.2 Å². The van der Waals surface area contributed by atoms with Crippen molar-refractivity contribution in [3.8, 4) is 0 Å². The topological polar surface area (TPSA) is 73.9 Å². The van der Waals surface area contributed by atoms with E-state index in [4.69, 9.17) is 14.3 Å². The zero-order valence-electron chi connectivity index (χ0n) is 14.3. The smallest absolute Gasteiger partial charge is 0.330 e. The molecule has 0 saturated carbocycles. The third-order valence-electron chi connectivity index (χ3n) is 3.47. The van der Waals surface area contributed by atoms with Gasteiger partial charge in [-0.15, -0.1) is 0 Å². The second kappa shape index (κ2) is 10.4. The number of rotatable bonds is 7. The second-order valence-corrected chi connectivity index (χ2v) is 5.47. The van der Waals surface area contributed by atoms with E-state index in [-0.39, 0.29) is 18.2 Å². The van der Waals surface area contributed by atoms with Crippen molar-refractivity contribution >= 4 is 24.0 Å². The normalized spacial score (nSPS) is 17.7. The predicted octanol–water partition coefficient (Wildman–Crippen LogP) is 2.85. The molecule has 2 rings (SSSR count). The van der Waals surface area contributed by atoms with Crippen LogP contribution in [0.3, 0.4) is 0 Å². The van der Waals surface area contributed by atoms with Crippen LogP contribution in [0.25, 0.3) is 12.2 Å². The third-order valence-corrected chi connectivity index (χ3v) is 3.47. The van der Waals surface area contributed by atoms with E-state index in [0.717, 1.165) is 30.4 Å². The van der Waals surface area contributed by atoms with Gasteiger partial charge in [0.2, 0.25) is 0 Å². The molecule has 1 fully saturated rings. The summed E-state index contributed by atoms with van der Waals surface area (Å²) in [6.07, 6.45) is 8.55. The molecule has 1 N–H and O–H groups in total. The van der Waals surface area contributed by atoms with Gasteiger partial charge in [-0.05, 0) is 49.1 Å². The summed E-state index contributed by atoms with van der Waals surface area (Å²) in [6.45, 7) is 2.75. The minimum absolute atomic E-state index is 0.342. The van der Waals surface area contributed by atoms with Gasteiger partial charge in [-0.1, -0.05) is 18.2 Å². The summed E-state index contributed by atoms with van der Waals surface area (Å²) in [7, 11) is 0. The fourth-order valence-electron chi connectivity index (χ4n) is 2.25. The molecule has 0 bridgehead atoms. The predicted molar refractivity (Wildman–Crippen MR) is 94.0 cm³/mol. The maximum atomic E-state index is 11.8. The molecular formula is C19H23NO5. The van der Waals surface area contributed by atoms with Crippen LogP contribution < -0.4 is 5.48 Å². The summed E-state index contributed by atoms with van der Waals surface area (Å²) in [5.74, 6) is -0.744. The van der Waals surface area contributed by atoms with Gasteiger partial charge < -0.3 is 9.47 Å². The first-order valence-electron chi connectivity index (χ1n) is 8.37. The number of amides is 1. The summed E-state index contributed by atoms with van der Waals surface area (Å²) in [5.41, 5.74) is 4.03. The Morgan fingerprint density at radius 2 is 2.00 bits per heavy atom. The molecule has 134 valence electrons. The van der Waals surface area contributed by atoms with Gasteiger partial charge in [0.15, 0.2) is 6.29 Å². The largest absolute Gasteiger partial charge is 0.463 e. The Hall–Kier alpha value is -2.44. The van der Waals surface area contributed by atoms with Crippen LogP contribution in [-0.2, 0) is 23.9 Å². The first-order valence-corrected chi connectivity index (χ1v) is 8.37. The Labute approximate surface area is 147 Å². The van der Waals surface area contributed by atoms with Crippen molar-refractivity contribution in [2.24, 2.45) is 0 Å². The van der Waals surface area contributed by atoms with Crippen LogP contribution in [0, 0.1) is 0 Å². The highest BCUT2D eigenvalue weighted by Gasteiger charge is 2.14. The fourth-order valence-corrected chi connectivity index (χ4v) is 2.25. The molecular weight excluding hydrogens is 322 g/mol. The van der Waals surface area contributed by atoms with E-state index in [2.05, 4.69) is 5.48 Å². The molecule has 1 aliphatic heterocycles. The molecule has 25 heavy (non-hydrogen) atoms. The molecule has 1 heterocycles. The molecule has 0 radical (unpaired) electrons. The highest BCUT2D eigenvalue weighted by molar-refractivity contribution is 5.91. The molecule has 0 spiro atoms. The standard InChI is InChI=1S/C19H23NO5/c1-2-23-18(22)12-10-16-7-5-6-15(14-16)9-11-17(21)20-25-19-8-3-4-13-24-19/h5-7,9-12,14,19H,2-4,8,13H2,1H3,(H,20,21). The van der Waals surface area contributed by atoms with E-state index in [0.29, 0.717) is 13.2 Å². The minimum atomic E-state index is -0.384. The lowest BCUT2D eigenvalue weighted by Crippen LogP contribution is -2.32. The van der Waals surface area contributed by atoms with Crippen molar-refractivity contribution in [3.63, 3.8) is 0 Å². The summed E-state index contributed by atoms with van der Waals surface area (Å²) in [5, 5.41) is 0. The molecule has 6 heteroatoms. The average molecular weight is 345 g/mol. The molecule has 1 aromatic carbocycles. The summed E-state index contributed by atoms with van der Waals surface area (Å²) < 4.78 is 10.2. The molecule has 6 nitrogen and oxygen atoms in total. The zero-order valence-corrected chi connectivity index (χ0v) is 14.3. The van der Waals surface area contributed by atoms with Crippen molar-refractivity contribution in [1.29, 1.82) is 0 Å². The van der Waals surface area contributed by atoms with Gasteiger partial charge >= 0.3 is 5.97 Å². The minimum Gasteiger partial charge on any atom is -0.463 e. The summed E-state index contributed by atoms with van der Waals surface area (Å²) in [4.78, 5) is 28.3. The number of carbonyl (C=O) groups is 2. The lowest BCUT2D eigenvalue weighted by molar-refractivity contribution is -0.198. The van der Waals surface area contributed by atoms with Crippen LogP contribution in [0.15, 0.2) is 36.4 Å². The van der Waals surface area contributed by atoms with Crippen LogP contribution in [0.1, 0.15) is 37.3 Å². The Kier molecular flexibility index (Phi) is 7.88. The van der Waals surface area contributed by atoms with Crippen LogP contribution >= 0.6 is 0 Å². The van der Waals surface area contributed by atoms with E-state index < -0.39 is 0 Å². The van der Waals surface area contributed by atoms with Crippen molar-refractivity contribution in [2.75, 3.05) is 13.2 Å². The van der Waals surface area contributed by atoms with Gasteiger partial charge in [0.25, 0.3) is 5.91 Å². The number of benzene rings is 1. The van der Waals surface area contributed by atoms with Crippen LogP contribution in [-0.4, -0.2) is 31.4 Å². The lowest BCUT2D eigenvalue weighted by atomic mass is 10.1. The fraction of sp³-hybridized carbons (Fsp3) is 0.368. The number of nitrogens with one attached hydrogen (secondary N) is 1. The quantitative estimate of drug-likeness (QED) is 0.467. The molecule has 0 aliphatic carbocycles. The molecule has 1 amide bonds. The molecule has 1 aliphatic rings. The van der Waals surface area contributed by atoms with Gasteiger partial charge in [-0.25, -0.2) is 15.1 Å². The van der Waals surface area contributed by atoms with Gasteiger partial charge in [0, 0.05) is 25.2 Å². The third kappa shape index (κ3) is 7.32. The number of ether oxygens (including phenoxy) is 2. The Bertz CT molecular complexity index is 632. The van der Waals surface area contributed by atoms with Crippen molar-refractivity contribution in [2.45, 2.75) is 32.5 Å². The number of hydrogen-bond acceptors (Lipinski definition) is 5. The van der Waals surface area contributed by atoms with Gasteiger partial charge in [-0.2, -0.15) is 0 Å². The zero-order chi connectivity index (χ0) is 17.9. The van der Waals surface area contributed by atoms with E-state index in [9.17, 15) is 9.59 Å². The van der Waals surface area contributed by atoms with Gasteiger partial charge in [0.05, 0.1) is 6.61 Å². The van der Waals surface area contributed by atoms with Crippen molar-refractivity contribution < 1.29 is 23.9 Å². The highest BCUT2D eigenvalue weighted by atomic mass is 16.8. The SMILES string of the molecule is CCOC(=O)C=Cc1cccc(C=CC(=O)NOC2CCCCO2)c1. The van der Waals surface area contributed by atoms with Gasteiger partial charge in [0.1, 0.15) is 0 Å². The Morgan fingerprint density at radius 3 is 2.68 bits per heavy atom. The summed E-state index contributed by atoms with van der Waals surface area (Å²) >= 11 is 0. The molecule has 1 atom stereocenters. The lowest BCUT2D eigenvalue weighted by Gasteiger charge is -2.21. The first kappa shape index (κ1) is 18.9. The molecule has 1 saturated heterocycles. The van der Waals surface area contributed by atoms with Crippen LogP contribution in [0.5, 0.6) is 0 Å².